The Morgan fingerprint density at radius 3 is 1.81 bits per heavy atom. The Bertz CT molecular complexity index is 553. The molecule has 0 amide bonds. The molecule has 1 saturated heterocycles. The van der Waals surface area contributed by atoms with Gasteiger partial charge in [-0.1, -0.05) is 65.7 Å². The van der Waals surface area contributed by atoms with E-state index in [0.29, 0.717) is 26.1 Å². The summed E-state index contributed by atoms with van der Waals surface area (Å²) >= 11 is 0. The molecule has 6 nitrogen and oxygen atoms in total. The Labute approximate surface area is 196 Å². The van der Waals surface area contributed by atoms with Gasteiger partial charge in [0.2, 0.25) is 6.10 Å². The minimum Gasteiger partial charge on any atom is -0.465 e. The quantitative estimate of drug-likeness (QED) is 0.171. The van der Waals surface area contributed by atoms with Crippen molar-refractivity contribution in [3.05, 3.63) is 0 Å². The zero-order valence-corrected chi connectivity index (χ0v) is 21.7. The van der Waals surface area contributed by atoms with E-state index in [1.807, 2.05) is 27.7 Å². The number of cyclic esters (lactones) is 1. The Morgan fingerprint density at radius 2 is 1.34 bits per heavy atom. The van der Waals surface area contributed by atoms with Gasteiger partial charge in [0.05, 0.1) is 24.0 Å². The van der Waals surface area contributed by atoms with Crippen LogP contribution in [0.2, 0.25) is 0 Å². The van der Waals surface area contributed by atoms with Crippen molar-refractivity contribution in [1.82, 2.24) is 0 Å². The van der Waals surface area contributed by atoms with Crippen LogP contribution in [0.5, 0.6) is 0 Å². The van der Waals surface area contributed by atoms with E-state index in [9.17, 15) is 14.4 Å². The fraction of sp³-hybridized carbons (Fsp3) is 0.885. The highest BCUT2D eigenvalue weighted by Crippen LogP contribution is 2.24. The maximum atomic E-state index is 11.7. The summed E-state index contributed by atoms with van der Waals surface area (Å²) in [5, 5.41) is 0. The van der Waals surface area contributed by atoms with Crippen molar-refractivity contribution in [2.24, 2.45) is 10.8 Å². The molecule has 0 aliphatic carbocycles. The highest BCUT2D eigenvalue weighted by molar-refractivity contribution is 5.82. The van der Waals surface area contributed by atoms with Crippen LogP contribution < -0.4 is 0 Å². The van der Waals surface area contributed by atoms with E-state index in [1.54, 1.807) is 13.8 Å². The number of esters is 3. The van der Waals surface area contributed by atoms with Gasteiger partial charge in [0, 0.05) is 6.42 Å². The van der Waals surface area contributed by atoms with Crippen LogP contribution in [-0.4, -0.2) is 37.2 Å². The number of ether oxygens (including phenoxy) is 3. The summed E-state index contributed by atoms with van der Waals surface area (Å²) in [4.78, 5) is 34.3. The Hall–Kier alpha value is -1.59. The Morgan fingerprint density at radius 1 is 0.844 bits per heavy atom. The van der Waals surface area contributed by atoms with Crippen molar-refractivity contribution in [2.45, 2.75) is 125 Å². The van der Waals surface area contributed by atoms with Crippen molar-refractivity contribution in [2.75, 3.05) is 13.2 Å². The van der Waals surface area contributed by atoms with Crippen LogP contribution in [0.4, 0.5) is 0 Å². The van der Waals surface area contributed by atoms with Gasteiger partial charge >= 0.3 is 17.9 Å². The molecule has 1 fully saturated rings. The van der Waals surface area contributed by atoms with E-state index in [-0.39, 0.29) is 17.4 Å². The first-order valence-corrected chi connectivity index (χ1v) is 12.6. The molecular formula is C26H48O6. The monoisotopic (exact) mass is 456 g/mol. The van der Waals surface area contributed by atoms with Crippen molar-refractivity contribution in [3.8, 4) is 0 Å². The largest absolute Gasteiger partial charge is 0.465 e. The Kier molecular flexibility index (Phi) is 15.3. The lowest BCUT2D eigenvalue weighted by atomic mass is 9.90. The fourth-order valence-electron chi connectivity index (χ4n) is 2.76. The molecule has 0 aromatic carbocycles. The number of rotatable bonds is 14. The number of unbranched alkanes of at least 4 members (excludes halogenated alkanes) is 7. The third-order valence-corrected chi connectivity index (χ3v) is 6.24. The average molecular weight is 457 g/mol. The van der Waals surface area contributed by atoms with Gasteiger partial charge in [0.1, 0.15) is 0 Å². The first kappa shape index (κ1) is 30.4. The zero-order chi connectivity index (χ0) is 24.6. The second-order valence-corrected chi connectivity index (χ2v) is 9.94. The van der Waals surface area contributed by atoms with Crippen LogP contribution in [0.1, 0.15) is 119 Å². The molecule has 6 heteroatoms. The van der Waals surface area contributed by atoms with Gasteiger partial charge in [0.15, 0.2) is 0 Å². The highest BCUT2D eigenvalue weighted by atomic mass is 16.6. The second kappa shape index (κ2) is 16.1. The SMILES string of the molecule is CCC(C)(C)C(=O)OC1CCOC1=O.CCCCCCCCCCOC(=O)C(C)(C)CC. The van der Waals surface area contributed by atoms with Crippen LogP contribution in [-0.2, 0) is 28.6 Å². The molecule has 0 aromatic rings. The number of carbonyl (C=O) groups excluding carboxylic acids is 3. The van der Waals surface area contributed by atoms with Crippen LogP contribution in [0.25, 0.3) is 0 Å². The first-order valence-electron chi connectivity index (χ1n) is 12.6. The van der Waals surface area contributed by atoms with Gasteiger partial charge in [-0.15, -0.1) is 0 Å². The average Bonchev–Trinajstić information content (AvgIpc) is 3.17. The van der Waals surface area contributed by atoms with E-state index < -0.39 is 17.5 Å². The van der Waals surface area contributed by atoms with Gasteiger partial charge in [0.25, 0.3) is 0 Å². The molecule has 1 aliphatic heterocycles. The molecule has 1 aliphatic rings. The predicted molar refractivity (Wildman–Crippen MR) is 127 cm³/mol. The minimum atomic E-state index is -0.687. The van der Waals surface area contributed by atoms with Crippen molar-refractivity contribution >= 4 is 17.9 Å². The van der Waals surface area contributed by atoms with Gasteiger partial charge in [-0.25, -0.2) is 4.79 Å². The van der Waals surface area contributed by atoms with Gasteiger partial charge in [-0.2, -0.15) is 0 Å². The van der Waals surface area contributed by atoms with E-state index >= 15 is 0 Å². The summed E-state index contributed by atoms with van der Waals surface area (Å²) in [5.41, 5.74) is -0.844. The molecule has 32 heavy (non-hydrogen) atoms. The highest BCUT2D eigenvalue weighted by Gasteiger charge is 2.35. The lowest BCUT2D eigenvalue weighted by molar-refractivity contribution is -0.167. The van der Waals surface area contributed by atoms with E-state index in [2.05, 4.69) is 6.92 Å². The second-order valence-electron chi connectivity index (χ2n) is 9.94. The number of hydrogen-bond donors (Lipinski definition) is 0. The summed E-state index contributed by atoms with van der Waals surface area (Å²) in [6, 6.07) is 0. The van der Waals surface area contributed by atoms with Crippen molar-refractivity contribution in [1.29, 1.82) is 0 Å². The standard InChI is InChI=1S/C16H32O2.C10H16O4/c1-5-7-8-9-10-11-12-13-14-18-15(17)16(3,4)6-2;1-4-10(2,3)9(12)14-7-5-6-13-8(7)11/h5-14H2,1-4H3;7H,4-6H2,1-3H3. The molecule has 1 rings (SSSR count). The molecule has 1 unspecified atom stereocenters. The number of carbonyl (C=O) groups is 3. The molecule has 0 N–H and O–H groups in total. The summed E-state index contributed by atoms with van der Waals surface area (Å²) < 4.78 is 15.1. The normalized spacial score (nSPS) is 16.1. The third-order valence-electron chi connectivity index (χ3n) is 6.24. The third kappa shape index (κ3) is 12.4. The smallest absolute Gasteiger partial charge is 0.347 e. The summed E-state index contributed by atoms with van der Waals surface area (Å²) in [6.45, 7) is 14.6. The van der Waals surface area contributed by atoms with Crippen LogP contribution in [0, 0.1) is 10.8 Å². The first-order chi connectivity index (χ1) is 15.0. The molecule has 1 atom stereocenters. The van der Waals surface area contributed by atoms with Gasteiger partial charge < -0.3 is 14.2 Å². The maximum Gasteiger partial charge on any atom is 0.347 e. The molecule has 0 aromatic heterocycles. The summed E-state index contributed by atoms with van der Waals surface area (Å²) in [5.74, 6) is -0.804. The molecule has 0 spiro atoms. The van der Waals surface area contributed by atoms with Crippen molar-refractivity contribution < 1.29 is 28.6 Å². The fourth-order valence-corrected chi connectivity index (χ4v) is 2.76. The van der Waals surface area contributed by atoms with Crippen LogP contribution in [0.15, 0.2) is 0 Å². The lowest BCUT2D eigenvalue weighted by Gasteiger charge is -2.21. The molecule has 0 saturated carbocycles. The summed E-state index contributed by atoms with van der Waals surface area (Å²) in [7, 11) is 0. The van der Waals surface area contributed by atoms with Crippen LogP contribution >= 0.6 is 0 Å². The lowest BCUT2D eigenvalue weighted by Crippen LogP contribution is -2.32. The van der Waals surface area contributed by atoms with E-state index in [4.69, 9.17) is 14.2 Å². The van der Waals surface area contributed by atoms with Crippen molar-refractivity contribution in [3.63, 3.8) is 0 Å². The predicted octanol–water partition coefficient (Wildman–Crippen LogP) is 6.39. The van der Waals surface area contributed by atoms with E-state index in [1.165, 1.54) is 44.9 Å². The van der Waals surface area contributed by atoms with Gasteiger partial charge in [-0.3, -0.25) is 9.59 Å². The Balaban J connectivity index is 0.000000618. The molecule has 0 radical (unpaired) electrons. The molecule has 1 heterocycles. The zero-order valence-electron chi connectivity index (χ0n) is 21.7. The topological polar surface area (TPSA) is 78.9 Å². The maximum absolute atomic E-state index is 11.7. The van der Waals surface area contributed by atoms with E-state index in [0.717, 1.165) is 12.8 Å². The van der Waals surface area contributed by atoms with Gasteiger partial charge in [-0.05, 0) is 47.0 Å². The number of hydrogen-bond acceptors (Lipinski definition) is 6. The molecule has 0 bridgehead atoms. The molecular weight excluding hydrogens is 408 g/mol. The van der Waals surface area contributed by atoms with Crippen LogP contribution in [0.3, 0.4) is 0 Å². The molecule has 188 valence electrons. The minimum absolute atomic E-state index is 0.0482. The summed E-state index contributed by atoms with van der Waals surface area (Å²) in [6.07, 6.45) is 11.5.